The summed E-state index contributed by atoms with van der Waals surface area (Å²) >= 11 is 3.44. The van der Waals surface area contributed by atoms with Crippen molar-refractivity contribution >= 4 is 21.7 Å². The fraction of sp³-hybridized carbons (Fsp3) is 0. The zero-order valence-corrected chi connectivity index (χ0v) is 12.3. The highest BCUT2D eigenvalue weighted by Gasteiger charge is 2.19. The fourth-order valence-corrected chi connectivity index (χ4v) is 2.66. The number of nitrogen functional groups attached to an aromatic ring is 1. The molecule has 0 saturated heterocycles. The summed E-state index contributed by atoms with van der Waals surface area (Å²) in [5, 5.41) is 6.66. The van der Waals surface area contributed by atoms with E-state index in [0.717, 1.165) is 16.1 Å². The Balaban J connectivity index is 2.25. The summed E-state index contributed by atoms with van der Waals surface area (Å²) in [7, 11) is 0. The Labute approximate surface area is 127 Å². The van der Waals surface area contributed by atoms with Gasteiger partial charge >= 0.3 is 0 Å². The van der Waals surface area contributed by atoms with Crippen molar-refractivity contribution in [2.24, 2.45) is 0 Å². The van der Waals surface area contributed by atoms with Gasteiger partial charge in [0.2, 0.25) is 0 Å². The van der Waals surface area contributed by atoms with Crippen molar-refractivity contribution in [1.82, 2.24) is 10.2 Å². The molecule has 0 atom stereocenters. The molecule has 0 aliphatic carbocycles. The van der Waals surface area contributed by atoms with Crippen LogP contribution in [0.15, 0.2) is 46.9 Å². The first kappa shape index (κ1) is 13.8. The first-order valence-corrected chi connectivity index (χ1v) is 6.91. The van der Waals surface area contributed by atoms with Gasteiger partial charge in [0.25, 0.3) is 0 Å². The van der Waals surface area contributed by atoms with Crippen LogP contribution >= 0.6 is 15.9 Å². The Hall–Kier alpha value is -2.21. The summed E-state index contributed by atoms with van der Waals surface area (Å²) in [6.07, 6.45) is 0. The maximum absolute atomic E-state index is 14.0. The smallest absolute Gasteiger partial charge is 0.153 e. The number of hydrogen-bond donors (Lipinski definition) is 2. The number of H-pyrrole nitrogens is 1. The maximum Gasteiger partial charge on any atom is 0.153 e. The molecule has 0 unspecified atom stereocenters. The molecule has 3 nitrogen and oxygen atoms in total. The molecule has 1 aromatic heterocycles. The zero-order valence-electron chi connectivity index (χ0n) is 10.7. The third-order valence-electron chi connectivity index (χ3n) is 3.14. The van der Waals surface area contributed by atoms with Gasteiger partial charge < -0.3 is 5.73 Å². The summed E-state index contributed by atoms with van der Waals surface area (Å²) < 4.78 is 27.9. The number of aromatic nitrogens is 2. The second-order valence-electron chi connectivity index (χ2n) is 4.46. The molecule has 0 spiro atoms. The van der Waals surface area contributed by atoms with Crippen molar-refractivity contribution in [3.63, 3.8) is 0 Å². The quantitative estimate of drug-likeness (QED) is 0.721. The predicted molar refractivity (Wildman–Crippen MR) is 81.5 cm³/mol. The lowest BCUT2D eigenvalue weighted by molar-refractivity contribution is 0.585. The van der Waals surface area contributed by atoms with Crippen molar-refractivity contribution < 1.29 is 8.78 Å². The monoisotopic (exact) mass is 349 g/mol. The lowest BCUT2D eigenvalue weighted by Gasteiger charge is -2.07. The van der Waals surface area contributed by atoms with Crippen LogP contribution in [0.1, 0.15) is 0 Å². The molecular weight excluding hydrogens is 340 g/mol. The van der Waals surface area contributed by atoms with E-state index in [-0.39, 0.29) is 11.4 Å². The summed E-state index contributed by atoms with van der Waals surface area (Å²) in [5.74, 6) is -1.06. The highest BCUT2D eigenvalue weighted by Crippen LogP contribution is 2.39. The molecule has 3 N–H and O–H groups in total. The summed E-state index contributed by atoms with van der Waals surface area (Å²) in [4.78, 5) is 0. The first-order chi connectivity index (χ1) is 10.1. The molecule has 21 heavy (non-hydrogen) atoms. The van der Waals surface area contributed by atoms with Crippen molar-refractivity contribution in [2.75, 3.05) is 5.73 Å². The molecule has 0 saturated carbocycles. The largest absolute Gasteiger partial charge is 0.382 e. The number of halogens is 3. The second kappa shape index (κ2) is 5.29. The maximum atomic E-state index is 14.0. The lowest BCUT2D eigenvalue weighted by atomic mass is 10.0. The average molecular weight is 350 g/mol. The van der Waals surface area contributed by atoms with E-state index in [9.17, 15) is 8.78 Å². The Bertz CT molecular complexity index is 814. The van der Waals surface area contributed by atoms with E-state index in [1.54, 1.807) is 0 Å². The topological polar surface area (TPSA) is 54.7 Å². The van der Waals surface area contributed by atoms with Crippen LogP contribution in [0.3, 0.4) is 0 Å². The van der Waals surface area contributed by atoms with Crippen LogP contribution in [0.25, 0.3) is 22.4 Å². The molecule has 0 bridgehead atoms. The number of aromatic amines is 1. The lowest BCUT2D eigenvalue weighted by Crippen LogP contribution is -1.91. The molecule has 6 heteroatoms. The highest BCUT2D eigenvalue weighted by molar-refractivity contribution is 9.10. The average Bonchev–Trinajstić information content (AvgIpc) is 2.81. The molecule has 2 aromatic carbocycles. The zero-order chi connectivity index (χ0) is 15.0. The van der Waals surface area contributed by atoms with E-state index in [0.29, 0.717) is 11.3 Å². The van der Waals surface area contributed by atoms with Crippen LogP contribution in [0.2, 0.25) is 0 Å². The van der Waals surface area contributed by atoms with Gasteiger partial charge in [0.1, 0.15) is 11.6 Å². The highest BCUT2D eigenvalue weighted by atomic mass is 79.9. The van der Waals surface area contributed by atoms with Gasteiger partial charge in [-0.05, 0) is 18.2 Å². The summed E-state index contributed by atoms with van der Waals surface area (Å²) in [5.41, 5.74) is 7.88. The minimum atomic E-state index is -0.674. The summed E-state index contributed by atoms with van der Waals surface area (Å²) in [6.45, 7) is 0. The predicted octanol–water partition coefficient (Wildman–Crippen LogP) is 4.37. The third kappa shape index (κ3) is 2.42. The van der Waals surface area contributed by atoms with E-state index in [1.165, 1.54) is 12.1 Å². The fourth-order valence-electron chi connectivity index (χ4n) is 2.18. The normalized spacial score (nSPS) is 10.8. The molecule has 0 fully saturated rings. The molecule has 3 rings (SSSR count). The number of nitrogens with one attached hydrogen (secondary N) is 1. The Morgan fingerprint density at radius 3 is 2.52 bits per heavy atom. The third-order valence-corrected chi connectivity index (χ3v) is 3.83. The van der Waals surface area contributed by atoms with E-state index < -0.39 is 11.6 Å². The SMILES string of the molecule is Nc1n[nH]c(-c2ccc(F)cc2F)c1-c1ccccc1Br. The molecule has 0 amide bonds. The molecule has 1 heterocycles. The molecule has 3 aromatic rings. The standard InChI is InChI=1S/C15H10BrF2N3/c16-11-4-2-1-3-9(11)13-14(20-21-15(13)19)10-6-5-8(17)7-12(10)18/h1-7H,(H3,19,20,21). The molecule has 106 valence electrons. The van der Waals surface area contributed by atoms with E-state index in [1.807, 2.05) is 24.3 Å². The molecule has 0 radical (unpaired) electrons. The van der Waals surface area contributed by atoms with Crippen molar-refractivity contribution in [3.05, 3.63) is 58.6 Å². The van der Waals surface area contributed by atoms with Crippen molar-refractivity contribution in [2.45, 2.75) is 0 Å². The number of nitrogens with two attached hydrogens (primary N) is 1. The Morgan fingerprint density at radius 1 is 1.05 bits per heavy atom. The van der Waals surface area contributed by atoms with Gasteiger partial charge in [0.15, 0.2) is 5.82 Å². The van der Waals surface area contributed by atoms with Crippen LogP contribution < -0.4 is 5.73 Å². The van der Waals surface area contributed by atoms with Crippen molar-refractivity contribution in [1.29, 1.82) is 0 Å². The van der Waals surface area contributed by atoms with Crippen LogP contribution in [-0.2, 0) is 0 Å². The second-order valence-corrected chi connectivity index (χ2v) is 5.32. The van der Waals surface area contributed by atoms with Gasteiger partial charge in [-0.3, -0.25) is 5.10 Å². The number of hydrogen-bond acceptors (Lipinski definition) is 2. The number of nitrogens with zero attached hydrogens (tertiary/aromatic N) is 1. The number of anilines is 1. The van der Waals surface area contributed by atoms with Crippen LogP contribution in [0.5, 0.6) is 0 Å². The van der Waals surface area contributed by atoms with Gasteiger partial charge in [-0.2, -0.15) is 5.10 Å². The van der Waals surface area contributed by atoms with E-state index in [4.69, 9.17) is 5.73 Å². The Kier molecular flexibility index (Phi) is 3.47. The minimum Gasteiger partial charge on any atom is -0.382 e. The first-order valence-electron chi connectivity index (χ1n) is 6.12. The van der Waals surface area contributed by atoms with Crippen LogP contribution in [0.4, 0.5) is 14.6 Å². The Morgan fingerprint density at radius 2 is 1.81 bits per heavy atom. The van der Waals surface area contributed by atoms with Gasteiger partial charge in [-0.25, -0.2) is 8.78 Å². The number of rotatable bonds is 2. The summed E-state index contributed by atoms with van der Waals surface area (Å²) in [6, 6.07) is 10.8. The van der Waals surface area contributed by atoms with Gasteiger partial charge in [-0.15, -0.1) is 0 Å². The molecule has 0 aliphatic rings. The molecular formula is C15H10BrF2N3. The van der Waals surface area contributed by atoms with Gasteiger partial charge in [-0.1, -0.05) is 34.1 Å². The van der Waals surface area contributed by atoms with Gasteiger partial charge in [0, 0.05) is 21.7 Å². The minimum absolute atomic E-state index is 0.214. The number of benzene rings is 2. The van der Waals surface area contributed by atoms with Crippen LogP contribution in [0, 0.1) is 11.6 Å². The van der Waals surface area contributed by atoms with Crippen molar-refractivity contribution in [3.8, 4) is 22.4 Å². The van der Waals surface area contributed by atoms with Gasteiger partial charge in [0.05, 0.1) is 11.3 Å². The van der Waals surface area contributed by atoms with E-state index >= 15 is 0 Å². The molecule has 0 aliphatic heterocycles. The van der Waals surface area contributed by atoms with E-state index in [2.05, 4.69) is 26.1 Å². The van der Waals surface area contributed by atoms with Crippen LogP contribution in [-0.4, -0.2) is 10.2 Å².